The molecule has 0 fully saturated rings. The zero-order valence-electron chi connectivity index (χ0n) is 11.0. The molecule has 0 atom stereocenters. The van der Waals surface area contributed by atoms with Crippen molar-refractivity contribution in [3.05, 3.63) is 45.9 Å². The van der Waals surface area contributed by atoms with Gasteiger partial charge >= 0.3 is 0 Å². The van der Waals surface area contributed by atoms with Crippen molar-refractivity contribution in [3.63, 3.8) is 0 Å². The van der Waals surface area contributed by atoms with Gasteiger partial charge in [-0.3, -0.25) is 0 Å². The highest BCUT2D eigenvalue weighted by atomic mass is 79.9. The third-order valence-corrected chi connectivity index (χ3v) is 3.36. The maximum atomic E-state index is 6.12. The van der Waals surface area contributed by atoms with E-state index >= 15 is 0 Å². The predicted octanol–water partition coefficient (Wildman–Crippen LogP) is 5.27. The van der Waals surface area contributed by atoms with Crippen LogP contribution in [0.5, 0.6) is 17.2 Å². The van der Waals surface area contributed by atoms with Crippen LogP contribution in [0.15, 0.2) is 40.9 Å². The summed E-state index contributed by atoms with van der Waals surface area (Å²) in [6.45, 7) is 2.66. The van der Waals surface area contributed by atoms with Crippen molar-refractivity contribution in [3.8, 4) is 17.2 Å². The molecule has 20 heavy (non-hydrogen) atoms. The maximum absolute atomic E-state index is 6.12. The van der Waals surface area contributed by atoms with Gasteiger partial charge in [0.15, 0.2) is 0 Å². The van der Waals surface area contributed by atoms with Gasteiger partial charge in [0.2, 0.25) is 0 Å². The van der Waals surface area contributed by atoms with Gasteiger partial charge in [0.05, 0.1) is 17.3 Å². The molecule has 0 spiro atoms. The van der Waals surface area contributed by atoms with Crippen molar-refractivity contribution in [2.75, 3.05) is 12.3 Å². The molecule has 0 radical (unpaired) electrons. The molecule has 0 aliphatic rings. The standard InChI is InChI=1S/C15H15BrClNO2/c1-2-7-19-15-9-11(4-5-13(15)18)20-14-6-3-10(16)8-12(14)17/h3-6,8-9H,2,7,18H2,1H3. The van der Waals surface area contributed by atoms with Crippen LogP contribution >= 0.6 is 27.5 Å². The molecule has 0 saturated carbocycles. The fourth-order valence-corrected chi connectivity index (χ4v) is 2.31. The van der Waals surface area contributed by atoms with Gasteiger partial charge in [-0.2, -0.15) is 0 Å². The number of anilines is 1. The predicted molar refractivity (Wildman–Crippen MR) is 85.9 cm³/mol. The second-order valence-corrected chi connectivity index (χ2v) is 5.55. The Labute approximate surface area is 131 Å². The van der Waals surface area contributed by atoms with Gasteiger partial charge in [0.25, 0.3) is 0 Å². The van der Waals surface area contributed by atoms with E-state index < -0.39 is 0 Å². The number of benzene rings is 2. The lowest BCUT2D eigenvalue weighted by Gasteiger charge is -2.12. The Bertz CT molecular complexity index is 604. The number of hydrogen-bond acceptors (Lipinski definition) is 3. The largest absolute Gasteiger partial charge is 0.491 e. The van der Waals surface area contributed by atoms with Crippen LogP contribution in [-0.4, -0.2) is 6.61 Å². The number of nitrogen functional groups attached to an aromatic ring is 1. The van der Waals surface area contributed by atoms with E-state index in [1.807, 2.05) is 13.0 Å². The van der Waals surface area contributed by atoms with Crippen LogP contribution in [0, 0.1) is 0 Å². The summed E-state index contributed by atoms with van der Waals surface area (Å²) in [6.07, 6.45) is 0.920. The first-order valence-electron chi connectivity index (χ1n) is 6.25. The molecule has 0 heterocycles. The molecule has 0 aromatic heterocycles. The SMILES string of the molecule is CCCOc1cc(Oc2ccc(Br)cc2Cl)ccc1N. The molecular formula is C15H15BrClNO2. The summed E-state index contributed by atoms with van der Waals surface area (Å²) in [7, 11) is 0. The summed E-state index contributed by atoms with van der Waals surface area (Å²) in [5, 5.41) is 0.534. The van der Waals surface area contributed by atoms with Gasteiger partial charge in [0, 0.05) is 10.5 Å². The van der Waals surface area contributed by atoms with Crippen molar-refractivity contribution >= 4 is 33.2 Å². The molecule has 2 rings (SSSR count). The van der Waals surface area contributed by atoms with E-state index in [0.29, 0.717) is 34.6 Å². The molecule has 2 N–H and O–H groups in total. The summed E-state index contributed by atoms with van der Waals surface area (Å²) >= 11 is 9.48. The first kappa shape index (κ1) is 15.0. The summed E-state index contributed by atoms with van der Waals surface area (Å²) in [5.74, 6) is 1.84. The summed E-state index contributed by atoms with van der Waals surface area (Å²) in [6, 6.07) is 10.8. The lowest BCUT2D eigenvalue weighted by Crippen LogP contribution is -1.99. The van der Waals surface area contributed by atoms with Crippen molar-refractivity contribution in [1.29, 1.82) is 0 Å². The van der Waals surface area contributed by atoms with E-state index in [1.54, 1.807) is 30.3 Å². The van der Waals surface area contributed by atoms with Gasteiger partial charge in [-0.05, 0) is 36.8 Å². The molecule has 0 saturated heterocycles. The third kappa shape index (κ3) is 3.81. The second-order valence-electron chi connectivity index (χ2n) is 4.22. The smallest absolute Gasteiger partial charge is 0.146 e. The average molecular weight is 357 g/mol. The van der Waals surface area contributed by atoms with Gasteiger partial charge in [0.1, 0.15) is 17.2 Å². The van der Waals surface area contributed by atoms with Gasteiger partial charge in [-0.15, -0.1) is 0 Å². The summed E-state index contributed by atoms with van der Waals surface area (Å²) in [4.78, 5) is 0. The van der Waals surface area contributed by atoms with E-state index in [0.717, 1.165) is 10.9 Å². The van der Waals surface area contributed by atoms with Gasteiger partial charge in [-0.25, -0.2) is 0 Å². The lowest BCUT2D eigenvalue weighted by atomic mass is 10.2. The van der Waals surface area contributed by atoms with Gasteiger partial charge in [-0.1, -0.05) is 34.5 Å². The summed E-state index contributed by atoms with van der Waals surface area (Å²) in [5.41, 5.74) is 6.45. The Balaban J connectivity index is 2.20. The number of rotatable bonds is 5. The molecular weight excluding hydrogens is 342 g/mol. The molecule has 3 nitrogen and oxygen atoms in total. The topological polar surface area (TPSA) is 44.5 Å². The van der Waals surface area contributed by atoms with E-state index in [4.69, 9.17) is 26.8 Å². The fourth-order valence-electron chi connectivity index (χ4n) is 1.60. The Kier molecular flexibility index (Phi) is 5.15. The molecule has 2 aromatic rings. The minimum atomic E-state index is 0.534. The van der Waals surface area contributed by atoms with Crippen LogP contribution in [-0.2, 0) is 0 Å². The number of hydrogen-bond donors (Lipinski definition) is 1. The van der Waals surface area contributed by atoms with Crippen molar-refractivity contribution in [2.24, 2.45) is 0 Å². The molecule has 0 aliphatic heterocycles. The first-order chi connectivity index (χ1) is 9.60. The highest BCUT2D eigenvalue weighted by molar-refractivity contribution is 9.10. The minimum Gasteiger partial charge on any atom is -0.491 e. The van der Waals surface area contributed by atoms with Crippen LogP contribution in [0.2, 0.25) is 5.02 Å². The molecule has 0 unspecified atom stereocenters. The molecule has 106 valence electrons. The zero-order chi connectivity index (χ0) is 14.5. The molecule has 5 heteroatoms. The molecule has 0 amide bonds. The third-order valence-electron chi connectivity index (χ3n) is 2.57. The quantitative estimate of drug-likeness (QED) is 0.743. The first-order valence-corrected chi connectivity index (χ1v) is 7.42. The monoisotopic (exact) mass is 355 g/mol. The van der Waals surface area contributed by atoms with Crippen molar-refractivity contribution in [1.82, 2.24) is 0 Å². The van der Waals surface area contributed by atoms with Crippen molar-refractivity contribution in [2.45, 2.75) is 13.3 Å². The minimum absolute atomic E-state index is 0.534. The molecule has 2 aromatic carbocycles. The zero-order valence-corrected chi connectivity index (χ0v) is 13.4. The van der Waals surface area contributed by atoms with E-state index in [1.165, 1.54) is 0 Å². The van der Waals surface area contributed by atoms with E-state index in [-0.39, 0.29) is 0 Å². The Morgan fingerprint density at radius 3 is 2.65 bits per heavy atom. The number of halogens is 2. The lowest BCUT2D eigenvalue weighted by molar-refractivity contribution is 0.317. The maximum Gasteiger partial charge on any atom is 0.146 e. The van der Waals surface area contributed by atoms with Crippen LogP contribution in [0.25, 0.3) is 0 Å². The average Bonchev–Trinajstić information content (AvgIpc) is 2.42. The Morgan fingerprint density at radius 2 is 1.95 bits per heavy atom. The Hall–Kier alpha value is -1.39. The van der Waals surface area contributed by atoms with E-state index in [2.05, 4.69) is 15.9 Å². The summed E-state index contributed by atoms with van der Waals surface area (Å²) < 4.78 is 12.2. The fraction of sp³-hybridized carbons (Fsp3) is 0.200. The van der Waals surface area contributed by atoms with Crippen molar-refractivity contribution < 1.29 is 9.47 Å². The van der Waals surface area contributed by atoms with Crippen LogP contribution in [0.3, 0.4) is 0 Å². The van der Waals surface area contributed by atoms with Crippen LogP contribution in [0.1, 0.15) is 13.3 Å². The normalized spacial score (nSPS) is 10.3. The molecule has 0 bridgehead atoms. The van der Waals surface area contributed by atoms with Gasteiger partial charge < -0.3 is 15.2 Å². The number of ether oxygens (including phenoxy) is 2. The highest BCUT2D eigenvalue weighted by Gasteiger charge is 2.07. The van der Waals surface area contributed by atoms with Crippen LogP contribution < -0.4 is 15.2 Å². The number of nitrogens with two attached hydrogens (primary N) is 1. The van der Waals surface area contributed by atoms with Crippen LogP contribution in [0.4, 0.5) is 5.69 Å². The highest BCUT2D eigenvalue weighted by Crippen LogP contribution is 2.34. The molecule has 0 aliphatic carbocycles. The second kappa shape index (κ2) is 6.86. The Morgan fingerprint density at radius 1 is 1.15 bits per heavy atom. The van der Waals surface area contributed by atoms with E-state index in [9.17, 15) is 0 Å².